The minimum Gasteiger partial charge on any atom is -0.322 e. The average Bonchev–Trinajstić information content (AvgIpc) is 2.60. The van der Waals surface area contributed by atoms with Gasteiger partial charge in [-0.05, 0) is 67.8 Å². The van der Waals surface area contributed by atoms with Gasteiger partial charge in [0.05, 0.1) is 5.56 Å². The fourth-order valence-electron chi connectivity index (χ4n) is 2.93. The Balaban J connectivity index is 1.88. The van der Waals surface area contributed by atoms with Crippen molar-refractivity contribution in [2.24, 2.45) is 0 Å². The molecule has 4 aromatic rings. The van der Waals surface area contributed by atoms with Crippen molar-refractivity contribution in [2.45, 2.75) is 0 Å². The Morgan fingerprint density at radius 1 is 0.750 bits per heavy atom. The highest BCUT2D eigenvalue weighted by Crippen LogP contribution is 2.31. The summed E-state index contributed by atoms with van der Waals surface area (Å²) < 4.78 is 0.790. The van der Waals surface area contributed by atoms with Crippen LogP contribution in [-0.2, 0) is 0 Å². The van der Waals surface area contributed by atoms with E-state index in [1.54, 1.807) is 0 Å². The van der Waals surface area contributed by atoms with Gasteiger partial charge in [0.25, 0.3) is 5.91 Å². The molecule has 0 aliphatic carbocycles. The van der Waals surface area contributed by atoms with E-state index in [4.69, 9.17) is 0 Å². The van der Waals surface area contributed by atoms with Gasteiger partial charge >= 0.3 is 0 Å². The average molecular weight is 376 g/mol. The molecule has 4 aromatic carbocycles. The molecule has 0 aromatic heterocycles. The molecule has 0 spiro atoms. The standard InChI is InChI=1S/C21H14BrNO/c22-19-11-10-16-12-14-6-4-5-7-15(14)13-18(16)20(19)21(24)23-17-8-2-1-3-9-17/h1-13H,(H,23,24). The summed E-state index contributed by atoms with van der Waals surface area (Å²) in [5.41, 5.74) is 1.44. The van der Waals surface area contributed by atoms with Gasteiger partial charge < -0.3 is 5.32 Å². The van der Waals surface area contributed by atoms with Gasteiger partial charge in [-0.25, -0.2) is 0 Å². The lowest BCUT2D eigenvalue weighted by molar-refractivity contribution is 0.102. The van der Waals surface area contributed by atoms with Crippen LogP contribution >= 0.6 is 15.9 Å². The lowest BCUT2D eigenvalue weighted by Crippen LogP contribution is -2.13. The zero-order valence-corrected chi connectivity index (χ0v) is 14.4. The van der Waals surface area contributed by atoms with E-state index in [1.165, 1.54) is 5.39 Å². The van der Waals surface area contributed by atoms with Crippen LogP contribution in [0.25, 0.3) is 21.5 Å². The number of fused-ring (bicyclic) bond motifs is 2. The second kappa shape index (κ2) is 6.10. The quantitative estimate of drug-likeness (QED) is 0.427. The Labute approximate surface area is 148 Å². The van der Waals surface area contributed by atoms with Gasteiger partial charge in [0, 0.05) is 10.2 Å². The van der Waals surface area contributed by atoms with Crippen molar-refractivity contribution in [1.82, 2.24) is 0 Å². The lowest BCUT2D eigenvalue weighted by atomic mass is 9.99. The van der Waals surface area contributed by atoms with E-state index in [9.17, 15) is 4.79 Å². The number of carbonyl (C=O) groups excluding carboxylic acids is 1. The van der Waals surface area contributed by atoms with Crippen molar-refractivity contribution in [3.8, 4) is 0 Å². The van der Waals surface area contributed by atoms with Crippen LogP contribution in [0, 0.1) is 0 Å². The molecule has 24 heavy (non-hydrogen) atoms. The smallest absolute Gasteiger partial charge is 0.257 e. The third kappa shape index (κ3) is 2.68. The molecular weight excluding hydrogens is 362 g/mol. The van der Waals surface area contributed by atoms with Crippen molar-refractivity contribution < 1.29 is 4.79 Å². The van der Waals surface area contributed by atoms with Crippen LogP contribution in [0.5, 0.6) is 0 Å². The Kier molecular flexibility index (Phi) is 3.79. The summed E-state index contributed by atoms with van der Waals surface area (Å²) in [4.78, 5) is 12.8. The van der Waals surface area contributed by atoms with Crippen molar-refractivity contribution in [1.29, 1.82) is 0 Å². The summed E-state index contributed by atoms with van der Waals surface area (Å²) in [5.74, 6) is -0.117. The highest BCUT2D eigenvalue weighted by atomic mass is 79.9. The van der Waals surface area contributed by atoms with Gasteiger partial charge in [0.15, 0.2) is 0 Å². The number of nitrogens with one attached hydrogen (secondary N) is 1. The van der Waals surface area contributed by atoms with Crippen LogP contribution in [-0.4, -0.2) is 5.91 Å². The van der Waals surface area contributed by atoms with Gasteiger partial charge in [-0.3, -0.25) is 4.79 Å². The summed E-state index contributed by atoms with van der Waals surface area (Å²) in [6.45, 7) is 0. The Morgan fingerprint density at radius 3 is 2.17 bits per heavy atom. The maximum absolute atomic E-state index is 12.8. The first-order chi connectivity index (χ1) is 11.7. The van der Waals surface area contributed by atoms with E-state index in [0.29, 0.717) is 5.56 Å². The molecular formula is C21H14BrNO. The van der Waals surface area contributed by atoms with E-state index in [0.717, 1.165) is 26.3 Å². The van der Waals surface area contributed by atoms with Gasteiger partial charge in [-0.1, -0.05) is 48.5 Å². The van der Waals surface area contributed by atoms with Crippen LogP contribution in [0.3, 0.4) is 0 Å². The van der Waals surface area contributed by atoms with E-state index in [2.05, 4.69) is 45.5 Å². The summed E-state index contributed by atoms with van der Waals surface area (Å²) in [6.07, 6.45) is 0. The van der Waals surface area contributed by atoms with Gasteiger partial charge in [0.1, 0.15) is 0 Å². The number of carbonyl (C=O) groups is 1. The molecule has 0 heterocycles. The topological polar surface area (TPSA) is 29.1 Å². The molecule has 3 heteroatoms. The molecule has 0 unspecified atom stereocenters. The molecule has 0 aliphatic heterocycles. The van der Waals surface area contributed by atoms with Crippen LogP contribution in [0.2, 0.25) is 0 Å². The molecule has 0 fully saturated rings. The van der Waals surface area contributed by atoms with Crippen LogP contribution in [0.1, 0.15) is 10.4 Å². The van der Waals surface area contributed by atoms with Crippen molar-refractivity contribution in [3.63, 3.8) is 0 Å². The van der Waals surface area contributed by atoms with E-state index in [1.807, 2.05) is 54.6 Å². The number of halogens is 1. The third-order valence-electron chi connectivity index (χ3n) is 4.09. The fraction of sp³-hybridized carbons (Fsp3) is 0. The summed E-state index contributed by atoms with van der Waals surface area (Å²) >= 11 is 3.53. The number of benzene rings is 4. The number of amides is 1. The summed E-state index contributed by atoms with van der Waals surface area (Å²) in [6, 6.07) is 25.8. The largest absolute Gasteiger partial charge is 0.322 e. The molecule has 4 rings (SSSR count). The maximum Gasteiger partial charge on any atom is 0.257 e. The maximum atomic E-state index is 12.8. The zero-order valence-electron chi connectivity index (χ0n) is 12.8. The van der Waals surface area contributed by atoms with Gasteiger partial charge in [-0.15, -0.1) is 0 Å². The predicted octanol–water partition coefficient (Wildman–Crippen LogP) is 6.01. The predicted molar refractivity (Wildman–Crippen MR) is 104 cm³/mol. The van der Waals surface area contributed by atoms with Crippen molar-refractivity contribution in [3.05, 3.63) is 88.9 Å². The third-order valence-corrected chi connectivity index (χ3v) is 4.75. The molecule has 0 saturated carbocycles. The van der Waals surface area contributed by atoms with Crippen LogP contribution in [0.15, 0.2) is 83.3 Å². The highest BCUT2D eigenvalue weighted by molar-refractivity contribution is 9.10. The minimum atomic E-state index is -0.117. The summed E-state index contributed by atoms with van der Waals surface area (Å²) in [7, 11) is 0. The highest BCUT2D eigenvalue weighted by Gasteiger charge is 2.15. The normalized spacial score (nSPS) is 10.9. The number of hydrogen-bond acceptors (Lipinski definition) is 1. The Bertz CT molecular complexity index is 1060. The van der Waals surface area contributed by atoms with Gasteiger partial charge in [0.2, 0.25) is 0 Å². The van der Waals surface area contributed by atoms with E-state index >= 15 is 0 Å². The SMILES string of the molecule is O=C(Nc1ccccc1)c1c(Br)ccc2cc3ccccc3cc12. The molecule has 0 radical (unpaired) electrons. The molecule has 0 atom stereocenters. The Hall–Kier alpha value is -2.65. The molecule has 1 amide bonds. The lowest BCUT2D eigenvalue weighted by Gasteiger charge is -2.11. The molecule has 0 saturated heterocycles. The number of hydrogen-bond donors (Lipinski definition) is 1. The fourth-order valence-corrected chi connectivity index (χ4v) is 3.46. The van der Waals surface area contributed by atoms with E-state index in [-0.39, 0.29) is 5.91 Å². The second-order valence-corrected chi connectivity index (χ2v) is 6.52. The monoisotopic (exact) mass is 375 g/mol. The second-order valence-electron chi connectivity index (χ2n) is 5.66. The van der Waals surface area contributed by atoms with Crippen LogP contribution in [0.4, 0.5) is 5.69 Å². The molecule has 2 nitrogen and oxygen atoms in total. The van der Waals surface area contributed by atoms with Crippen molar-refractivity contribution >= 4 is 49.1 Å². The molecule has 116 valence electrons. The van der Waals surface area contributed by atoms with Gasteiger partial charge in [-0.2, -0.15) is 0 Å². The molecule has 0 bridgehead atoms. The molecule has 0 aliphatic rings. The number of rotatable bonds is 2. The first-order valence-corrected chi connectivity index (χ1v) is 8.49. The first kappa shape index (κ1) is 14.9. The first-order valence-electron chi connectivity index (χ1n) is 7.70. The summed E-state index contributed by atoms with van der Waals surface area (Å²) in [5, 5.41) is 7.25. The van der Waals surface area contributed by atoms with Crippen LogP contribution < -0.4 is 5.32 Å². The van der Waals surface area contributed by atoms with Crippen molar-refractivity contribution in [2.75, 3.05) is 5.32 Å². The minimum absolute atomic E-state index is 0.117. The number of anilines is 1. The number of para-hydroxylation sites is 1. The van der Waals surface area contributed by atoms with E-state index < -0.39 is 0 Å². The zero-order chi connectivity index (χ0) is 16.5. The molecule has 1 N–H and O–H groups in total. The Morgan fingerprint density at radius 2 is 1.42 bits per heavy atom.